The van der Waals surface area contributed by atoms with Gasteiger partial charge in [-0.25, -0.2) is 4.98 Å². The van der Waals surface area contributed by atoms with Crippen molar-refractivity contribution in [2.45, 2.75) is 6.42 Å². The fourth-order valence-corrected chi connectivity index (χ4v) is 4.20. The molecule has 6 nitrogen and oxygen atoms in total. The van der Waals surface area contributed by atoms with Gasteiger partial charge in [-0.15, -0.1) is 10.2 Å². The minimum atomic E-state index is 0.487. The zero-order valence-corrected chi connectivity index (χ0v) is 15.6. The number of hydrogen-bond acceptors (Lipinski definition) is 7. The summed E-state index contributed by atoms with van der Waals surface area (Å²) in [6, 6.07) is 12.7. The second kappa shape index (κ2) is 6.75. The Hall–Kier alpha value is -2.77. The molecule has 1 saturated heterocycles. The fraction of sp³-hybridized carbons (Fsp3) is 0.250. The van der Waals surface area contributed by atoms with Gasteiger partial charge in [-0.3, -0.25) is 0 Å². The number of nitrogens with zero attached hydrogens (tertiary/aromatic N) is 4. The van der Waals surface area contributed by atoms with E-state index in [1.807, 2.05) is 0 Å². The van der Waals surface area contributed by atoms with Crippen LogP contribution < -0.4 is 10.6 Å². The number of allylic oxidation sites excluding steroid dienone is 1. The summed E-state index contributed by atoms with van der Waals surface area (Å²) in [7, 11) is 0. The molecule has 0 bridgehead atoms. The Balaban J connectivity index is 1.50. The van der Waals surface area contributed by atoms with E-state index >= 15 is 0 Å². The van der Waals surface area contributed by atoms with E-state index in [0.717, 1.165) is 54.8 Å². The maximum atomic E-state index is 5.74. The molecule has 1 aromatic carbocycles. The number of nitrogen functional groups attached to an aromatic ring is 1. The number of morpholine rings is 1. The van der Waals surface area contributed by atoms with Crippen LogP contribution in [0.2, 0.25) is 0 Å². The van der Waals surface area contributed by atoms with Crippen LogP contribution in [0.5, 0.6) is 0 Å². The second-order valence-electron chi connectivity index (χ2n) is 6.62. The summed E-state index contributed by atoms with van der Waals surface area (Å²) in [6.45, 7) is 3.28. The molecule has 3 aromatic rings. The summed E-state index contributed by atoms with van der Waals surface area (Å²) in [5.74, 6) is 1.01. The Morgan fingerprint density at radius 2 is 1.96 bits per heavy atom. The molecule has 3 heterocycles. The lowest BCUT2D eigenvalue weighted by atomic mass is 10.0. The quantitative estimate of drug-likeness (QED) is 0.756. The van der Waals surface area contributed by atoms with E-state index in [0.29, 0.717) is 5.13 Å². The summed E-state index contributed by atoms with van der Waals surface area (Å²) < 4.78 is 5.45. The lowest BCUT2D eigenvalue weighted by Crippen LogP contribution is -2.36. The molecule has 136 valence electrons. The standard InChI is InChI=1S/C20H19N5OS/c21-20-24-23-19(27-20)14-5-4-13-6-7-15(16(13)12-14)17-2-1-3-18(22-17)25-8-10-26-11-9-25/h1-5,7,12H,6,8-11H2,(H2,21,24). The molecule has 0 spiro atoms. The van der Waals surface area contributed by atoms with Crippen molar-refractivity contribution in [3.8, 4) is 10.6 Å². The maximum absolute atomic E-state index is 5.74. The molecule has 2 N–H and O–H groups in total. The first-order valence-corrected chi connectivity index (χ1v) is 9.82. The van der Waals surface area contributed by atoms with Crippen LogP contribution in [0.1, 0.15) is 16.8 Å². The first-order valence-electron chi connectivity index (χ1n) is 9.01. The van der Waals surface area contributed by atoms with Crippen molar-refractivity contribution >= 4 is 27.9 Å². The minimum Gasteiger partial charge on any atom is -0.378 e. The van der Waals surface area contributed by atoms with Crippen LogP contribution in [0, 0.1) is 0 Å². The van der Waals surface area contributed by atoms with Gasteiger partial charge in [0.1, 0.15) is 10.8 Å². The third kappa shape index (κ3) is 3.09. The van der Waals surface area contributed by atoms with Crippen LogP contribution >= 0.6 is 11.3 Å². The summed E-state index contributed by atoms with van der Waals surface area (Å²) in [6.07, 6.45) is 3.18. The van der Waals surface area contributed by atoms with E-state index in [2.05, 4.69) is 57.6 Å². The van der Waals surface area contributed by atoms with Crippen molar-refractivity contribution in [2.75, 3.05) is 36.9 Å². The van der Waals surface area contributed by atoms with Gasteiger partial charge in [-0.05, 0) is 35.7 Å². The summed E-state index contributed by atoms with van der Waals surface area (Å²) in [5, 5.41) is 9.44. The van der Waals surface area contributed by atoms with Gasteiger partial charge in [0, 0.05) is 24.2 Å². The summed E-state index contributed by atoms with van der Waals surface area (Å²) in [5.41, 5.74) is 11.5. The van der Waals surface area contributed by atoms with Gasteiger partial charge in [0.2, 0.25) is 5.13 Å². The normalized spacial score (nSPS) is 16.3. The Morgan fingerprint density at radius 1 is 1.07 bits per heavy atom. The molecule has 1 aliphatic heterocycles. The van der Waals surface area contributed by atoms with Crippen molar-refractivity contribution < 1.29 is 4.74 Å². The van der Waals surface area contributed by atoms with Crippen LogP contribution in [0.4, 0.5) is 10.9 Å². The van der Waals surface area contributed by atoms with E-state index in [1.54, 1.807) is 0 Å². The number of nitrogens with two attached hydrogens (primary N) is 1. The molecular formula is C20H19N5OS. The minimum absolute atomic E-state index is 0.487. The molecule has 5 rings (SSSR count). The third-order valence-electron chi connectivity index (χ3n) is 4.96. The number of pyridine rings is 1. The molecule has 0 amide bonds. The highest BCUT2D eigenvalue weighted by molar-refractivity contribution is 7.18. The molecule has 7 heteroatoms. The monoisotopic (exact) mass is 377 g/mol. The van der Waals surface area contributed by atoms with Crippen molar-refractivity contribution in [3.05, 3.63) is 59.3 Å². The number of benzene rings is 1. The van der Waals surface area contributed by atoms with E-state index < -0.39 is 0 Å². The molecule has 0 unspecified atom stereocenters. The predicted octanol–water partition coefficient (Wildman–Crippen LogP) is 3.01. The van der Waals surface area contributed by atoms with E-state index in [-0.39, 0.29) is 0 Å². The van der Waals surface area contributed by atoms with Gasteiger partial charge in [-0.1, -0.05) is 35.6 Å². The van der Waals surface area contributed by atoms with Crippen LogP contribution in [-0.4, -0.2) is 41.5 Å². The zero-order valence-electron chi connectivity index (χ0n) is 14.8. The molecular weight excluding hydrogens is 358 g/mol. The van der Waals surface area contributed by atoms with E-state index in [1.165, 1.54) is 28.0 Å². The highest BCUT2D eigenvalue weighted by Crippen LogP contribution is 2.36. The van der Waals surface area contributed by atoms with Crippen LogP contribution in [0.15, 0.2) is 42.5 Å². The van der Waals surface area contributed by atoms with E-state index in [4.69, 9.17) is 15.5 Å². The SMILES string of the molecule is Nc1nnc(-c2ccc3c(c2)C(c2cccc(N4CCOCC4)n2)=CC3)s1. The van der Waals surface area contributed by atoms with Gasteiger partial charge in [0.05, 0.1) is 18.9 Å². The molecule has 0 atom stereocenters. The van der Waals surface area contributed by atoms with Crippen molar-refractivity contribution in [1.29, 1.82) is 0 Å². The average molecular weight is 377 g/mol. The Morgan fingerprint density at radius 3 is 2.78 bits per heavy atom. The molecule has 27 heavy (non-hydrogen) atoms. The molecule has 2 aliphatic rings. The number of hydrogen-bond donors (Lipinski definition) is 1. The first-order chi connectivity index (χ1) is 13.3. The maximum Gasteiger partial charge on any atom is 0.203 e. The smallest absolute Gasteiger partial charge is 0.203 e. The topological polar surface area (TPSA) is 77.2 Å². The van der Waals surface area contributed by atoms with Crippen molar-refractivity contribution in [1.82, 2.24) is 15.2 Å². The zero-order chi connectivity index (χ0) is 18.2. The average Bonchev–Trinajstić information content (AvgIpc) is 3.34. The Kier molecular flexibility index (Phi) is 4.10. The van der Waals surface area contributed by atoms with Crippen molar-refractivity contribution in [2.24, 2.45) is 0 Å². The lowest BCUT2D eigenvalue weighted by molar-refractivity contribution is 0.122. The molecule has 2 aromatic heterocycles. The first kappa shape index (κ1) is 16.4. The van der Waals surface area contributed by atoms with Crippen LogP contribution in [-0.2, 0) is 11.2 Å². The van der Waals surface area contributed by atoms with Gasteiger partial charge < -0.3 is 15.4 Å². The van der Waals surface area contributed by atoms with Crippen LogP contribution in [0.25, 0.3) is 16.1 Å². The fourth-order valence-electron chi connectivity index (χ4n) is 3.60. The highest BCUT2D eigenvalue weighted by Gasteiger charge is 2.20. The third-order valence-corrected chi connectivity index (χ3v) is 5.76. The predicted molar refractivity (Wildman–Crippen MR) is 108 cm³/mol. The number of rotatable bonds is 3. The number of ether oxygens (including phenoxy) is 1. The number of fused-ring (bicyclic) bond motifs is 1. The van der Waals surface area contributed by atoms with Gasteiger partial charge in [0.15, 0.2) is 0 Å². The largest absolute Gasteiger partial charge is 0.378 e. The van der Waals surface area contributed by atoms with Crippen molar-refractivity contribution in [3.63, 3.8) is 0 Å². The van der Waals surface area contributed by atoms with Gasteiger partial charge in [0.25, 0.3) is 0 Å². The van der Waals surface area contributed by atoms with Crippen LogP contribution in [0.3, 0.4) is 0 Å². The number of anilines is 2. The molecule has 1 aliphatic carbocycles. The summed E-state index contributed by atoms with van der Waals surface area (Å²) in [4.78, 5) is 7.22. The summed E-state index contributed by atoms with van der Waals surface area (Å²) >= 11 is 1.41. The Bertz CT molecular complexity index is 1020. The highest BCUT2D eigenvalue weighted by atomic mass is 32.1. The van der Waals surface area contributed by atoms with Gasteiger partial charge in [-0.2, -0.15) is 0 Å². The number of aromatic nitrogens is 3. The van der Waals surface area contributed by atoms with E-state index in [9.17, 15) is 0 Å². The molecule has 0 saturated carbocycles. The lowest BCUT2D eigenvalue weighted by Gasteiger charge is -2.28. The second-order valence-corrected chi connectivity index (χ2v) is 7.63. The van der Waals surface area contributed by atoms with Gasteiger partial charge >= 0.3 is 0 Å². The Labute approximate surface area is 161 Å². The molecule has 1 fully saturated rings. The molecule has 0 radical (unpaired) electrons.